The van der Waals surface area contributed by atoms with Gasteiger partial charge in [0.2, 0.25) is 0 Å². The van der Waals surface area contributed by atoms with E-state index < -0.39 is 0 Å². The molecule has 1 aromatic heterocycles. The van der Waals surface area contributed by atoms with E-state index in [1.807, 2.05) is 14.0 Å². The van der Waals surface area contributed by atoms with Gasteiger partial charge in [-0.2, -0.15) is 5.10 Å². The molecule has 1 amide bonds. The van der Waals surface area contributed by atoms with E-state index in [1.54, 1.807) is 29.1 Å². The van der Waals surface area contributed by atoms with Gasteiger partial charge in [0, 0.05) is 22.7 Å². The zero-order chi connectivity index (χ0) is 14.0. The highest BCUT2D eigenvalue weighted by Gasteiger charge is 2.14. The predicted molar refractivity (Wildman–Crippen MR) is 79.7 cm³/mol. The molecule has 0 atom stereocenters. The molecule has 100 valence electrons. The summed E-state index contributed by atoms with van der Waals surface area (Å²) in [7, 11) is 1.82. The fraction of sp³-hybridized carbons (Fsp3) is 0.231. The lowest BCUT2D eigenvalue weighted by atomic mass is 10.2. The van der Waals surface area contributed by atoms with Crippen molar-refractivity contribution in [2.45, 2.75) is 13.3 Å². The van der Waals surface area contributed by atoms with E-state index in [-0.39, 0.29) is 5.91 Å². The number of aryl methyl sites for hydroxylation is 2. The van der Waals surface area contributed by atoms with Gasteiger partial charge in [0.1, 0.15) is 0 Å². The molecule has 0 spiro atoms. The molecule has 0 radical (unpaired) electrons. The van der Waals surface area contributed by atoms with Gasteiger partial charge in [0.05, 0.1) is 16.9 Å². The first-order chi connectivity index (χ1) is 9.01. The van der Waals surface area contributed by atoms with Crippen LogP contribution in [-0.2, 0) is 13.5 Å². The maximum Gasteiger partial charge on any atom is 0.256 e. The summed E-state index contributed by atoms with van der Waals surface area (Å²) in [4.78, 5) is 12.2. The Hall–Kier alpha value is -1.33. The number of halogens is 2. The maximum atomic E-state index is 12.2. The molecule has 0 fully saturated rings. The van der Waals surface area contributed by atoms with E-state index >= 15 is 0 Å². The van der Waals surface area contributed by atoms with Gasteiger partial charge >= 0.3 is 0 Å². The minimum Gasteiger partial charge on any atom is -0.319 e. The minimum atomic E-state index is -0.211. The lowest BCUT2D eigenvalue weighted by molar-refractivity contribution is 0.102. The van der Waals surface area contributed by atoms with Gasteiger partial charge in [0.25, 0.3) is 5.91 Å². The van der Waals surface area contributed by atoms with Crippen LogP contribution in [0.2, 0.25) is 5.02 Å². The van der Waals surface area contributed by atoms with Crippen molar-refractivity contribution in [2.75, 3.05) is 5.32 Å². The number of nitrogens with zero attached hydrogens (tertiary/aromatic N) is 2. The van der Waals surface area contributed by atoms with Crippen molar-refractivity contribution in [1.29, 1.82) is 0 Å². The number of carbonyl (C=O) groups excluding carboxylic acids is 1. The Kier molecular flexibility index (Phi) is 4.27. The maximum absolute atomic E-state index is 12.2. The van der Waals surface area contributed by atoms with E-state index in [0.29, 0.717) is 15.1 Å². The molecule has 1 aromatic carbocycles. The van der Waals surface area contributed by atoms with Gasteiger partial charge in [-0.25, -0.2) is 0 Å². The van der Waals surface area contributed by atoms with Crippen LogP contribution in [0.15, 0.2) is 28.9 Å². The summed E-state index contributed by atoms with van der Waals surface area (Å²) in [5.74, 6) is -0.211. The number of nitrogens with one attached hydrogen (secondary N) is 1. The monoisotopic (exact) mass is 341 g/mol. The Morgan fingerprint density at radius 1 is 1.53 bits per heavy atom. The van der Waals surface area contributed by atoms with Crippen LogP contribution in [0.3, 0.4) is 0 Å². The van der Waals surface area contributed by atoms with E-state index in [1.165, 1.54) is 0 Å². The molecular formula is C13H13BrClN3O. The van der Waals surface area contributed by atoms with Crippen LogP contribution in [0, 0.1) is 0 Å². The third-order valence-electron chi connectivity index (χ3n) is 2.66. The summed E-state index contributed by atoms with van der Waals surface area (Å²) in [5, 5.41) is 7.66. The number of rotatable bonds is 3. The van der Waals surface area contributed by atoms with E-state index in [0.717, 1.165) is 17.8 Å². The van der Waals surface area contributed by atoms with Gasteiger partial charge in [-0.3, -0.25) is 9.48 Å². The van der Waals surface area contributed by atoms with Crippen LogP contribution in [0.4, 0.5) is 5.69 Å². The fourth-order valence-electron chi connectivity index (χ4n) is 1.76. The molecule has 0 saturated heterocycles. The lowest BCUT2D eigenvalue weighted by Crippen LogP contribution is -2.13. The molecule has 0 aliphatic rings. The van der Waals surface area contributed by atoms with E-state index in [9.17, 15) is 4.79 Å². The topological polar surface area (TPSA) is 46.9 Å². The Balaban J connectivity index is 2.27. The quantitative estimate of drug-likeness (QED) is 0.925. The Labute approximate surface area is 124 Å². The molecule has 19 heavy (non-hydrogen) atoms. The molecule has 0 aliphatic heterocycles. The second kappa shape index (κ2) is 5.75. The molecule has 1 N–H and O–H groups in total. The van der Waals surface area contributed by atoms with Crippen molar-refractivity contribution >= 4 is 39.1 Å². The summed E-state index contributed by atoms with van der Waals surface area (Å²) < 4.78 is 2.39. The molecule has 1 heterocycles. The number of amides is 1. The molecule has 4 nitrogen and oxygen atoms in total. The van der Waals surface area contributed by atoms with Gasteiger partial charge in [-0.15, -0.1) is 0 Å². The molecule has 2 rings (SSSR count). The average molecular weight is 343 g/mol. The summed E-state index contributed by atoms with van der Waals surface area (Å²) in [6.45, 7) is 1.99. The van der Waals surface area contributed by atoms with Crippen LogP contribution in [-0.4, -0.2) is 15.7 Å². The Bertz CT molecular complexity index is 624. The zero-order valence-corrected chi connectivity index (χ0v) is 12.9. The Morgan fingerprint density at radius 2 is 2.26 bits per heavy atom. The highest BCUT2D eigenvalue weighted by Crippen LogP contribution is 2.23. The van der Waals surface area contributed by atoms with Crippen molar-refractivity contribution in [1.82, 2.24) is 9.78 Å². The second-order valence-corrected chi connectivity index (χ2v) is 5.39. The molecule has 0 saturated carbocycles. The van der Waals surface area contributed by atoms with Crippen LogP contribution in [0.5, 0.6) is 0 Å². The van der Waals surface area contributed by atoms with Crippen molar-refractivity contribution in [3.63, 3.8) is 0 Å². The second-order valence-electron chi connectivity index (χ2n) is 4.09. The van der Waals surface area contributed by atoms with Crippen LogP contribution >= 0.6 is 27.5 Å². The van der Waals surface area contributed by atoms with Crippen molar-refractivity contribution in [2.24, 2.45) is 7.05 Å². The Morgan fingerprint density at radius 3 is 2.95 bits per heavy atom. The number of aromatic nitrogens is 2. The molecule has 6 heteroatoms. The predicted octanol–water partition coefficient (Wildman–Crippen LogP) is 3.65. The third kappa shape index (κ3) is 3.16. The van der Waals surface area contributed by atoms with Crippen molar-refractivity contribution in [3.8, 4) is 0 Å². The SMILES string of the molecule is CCc1nn(C)cc1NC(=O)c1cc(Cl)ccc1Br. The van der Waals surface area contributed by atoms with Crippen LogP contribution in [0.1, 0.15) is 23.0 Å². The van der Waals surface area contributed by atoms with E-state index in [2.05, 4.69) is 26.3 Å². The van der Waals surface area contributed by atoms with E-state index in [4.69, 9.17) is 11.6 Å². The molecule has 0 bridgehead atoms. The fourth-order valence-corrected chi connectivity index (χ4v) is 2.36. The highest BCUT2D eigenvalue weighted by molar-refractivity contribution is 9.10. The third-order valence-corrected chi connectivity index (χ3v) is 3.59. The number of anilines is 1. The van der Waals surface area contributed by atoms with Crippen LogP contribution < -0.4 is 5.32 Å². The van der Waals surface area contributed by atoms with Crippen molar-refractivity contribution < 1.29 is 4.79 Å². The van der Waals surface area contributed by atoms with Crippen LogP contribution in [0.25, 0.3) is 0 Å². The minimum absolute atomic E-state index is 0.211. The average Bonchev–Trinajstić information content (AvgIpc) is 2.72. The summed E-state index contributed by atoms with van der Waals surface area (Å²) in [5.41, 5.74) is 2.08. The molecule has 0 aliphatic carbocycles. The summed E-state index contributed by atoms with van der Waals surface area (Å²) >= 11 is 9.25. The highest BCUT2D eigenvalue weighted by atomic mass is 79.9. The largest absolute Gasteiger partial charge is 0.319 e. The first-order valence-corrected chi connectivity index (χ1v) is 6.97. The number of benzene rings is 1. The smallest absolute Gasteiger partial charge is 0.256 e. The zero-order valence-electron chi connectivity index (χ0n) is 10.6. The number of hydrogen-bond donors (Lipinski definition) is 1. The van der Waals surface area contributed by atoms with Gasteiger partial charge in [-0.05, 0) is 40.5 Å². The van der Waals surface area contributed by atoms with Crippen molar-refractivity contribution in [3.05, 3.63) is 45.1 Å². The molecular weight excluding hydrogens is 330 g/mol. The van der Waals surface area contributed by atoms with Gasteiger partial charge < -0.3 is 5.32 Å². The molecule has 2 aromatic rings. The lowest BCUT2D eigenvalue weighted by Gasteiger charge is -2.06. The molecule has 0 unspecified atom stereocenters. The normalized spacial score (nSPS) is 10.5. The number of hydrogen-bond acceptors (Lipinski definition) is 2. The number of carbonyl (C=O) groups is 1. The van der Waals surface area contributed by atoms with Gasteiger partial charge in [0.15, 0.2) is 0 Å². The summed E-state index contributed by atoms with van der Waals surface area (Å²) in [6, 6.07) is 5.11. The standard InChI is InChI=1S/C13H13BrClN3O/c1-3-11-12(7-18(2)17-11)16-13(19)9-6-8(15)4-5-10(9)14/h4-7H,3H2,1-2H3,(H,16,19). The van der Waals surface area contributed by atoms with Gasteiger partial charge in [-0.1, -0.05) is 18.5 Å². The first-order valence-electron chi connectivity index (χ1n) is 5.80. The summed E-state index contributed by atoms with van der Waals surface area (Å²) in [6.07, 6.45) is 2.54. The first kappa shape index (κ1) is 14.1.